The lowest BCUT2D eigenvalue weighted by molar-refractivity contribution is -0.0438. The fourth-order valence-electron chi connectivity index (χ4n) is 2.21. The van der Waals surface area contributed by atoms with E-state index in [1.54, 1.807) is 12.1 Å². The maximum absolute atomic E-state index is 12.1. The van der Waals surface area contributed by atoms with Crippen molar-refractivity contribution in [1.82, 2.24) is 5.32 Å². The number of hydrogen-bond acceptors (Lipinski definition) is 6. The number of ether oxygens (including phenoxy) is 5. The molecule has 0 bridgehead atoms. The predicted molar refractivity (Wildman–Crippen MR) is 91.8 cm³/mol. The predicted octanol–water partition coefficient (Wildman–Crippen LogP) is 0.882. The minimum absolute atomic E-state index is 0.128. The summed E-state index contributed by atoms with van der Waals surface area (Å²) in [5, 5.41) is 2.88. The number of carbonyl (C=O) groups excluding carboxylic acids is 1. The molecule has 0 aromatic heterocycles. The van der Waals surface area contributed by atoms with E-state index in [2.05, 4.69) is 5.32 Å². The molecule has 1 atom stereocenters. The maximum atomic E-state index is 12.1. The zero-order chi connectivity index (χ0) is 17.6. The largest absolute Gasteiger partial charge is 0.377 e. The first-order valence-electron chi connectivity index (χ1n) is 8.62. The molecule has 1 saturated heterocycles. The number of rotatable bonds is 3. The first kappa shape index (κ1) is 19.8. The molecule has 1 aromatic carbocycles. The van der Waals surface area contributed by atoms with E-state index < -0.39 is 0 Å². The molecule has 140 valence electrons. The van der Waals surface area contributed by atoms with E-state index in [0.717, 1.165) is 0 Å². The van der Waals surface area contributed by atoms with E-state index in [1.165, 1.54) is 0 Å². The molecular weight excluding hydrogens is 326 g/mol. The maximum Gasteiger partial charge on any atom is 0.251 e. The molecule has 1 aromatic rings. The van der Waals surface area contributed by atoms with Crippen LogP contribution in [-0.4, -0.2) is 78.0 Å². The molecule has 1 N–H and O–H groups in total. The third-order valence-corrected chi connectivity index (χ3v) is 3.53. The van der Waals surface area contributed by atoms with Crippen LogP contribution in [0.4, 0.5) is 0 Å². The Balaban J connectivity index is 1.75. The van der Waals surface area contributed by atoms with Crippen LogP contribution in [0.3, 0.4) is 0 Å². The smallest absolute Gasteiger partial charge is 0.251 e. The lowest BCUT2D eigenvalue weighted by Crippen LogP contribution is -2.37. The van der Waals surface area contributed by atoms with E-state index in [1.807, 2.05) is 18.2 Å². The summed E-state index contributed by atoms with van der Waals surface area (Å²) in [7, 11) is 0. The molecule has 1 aliphatic heterocycles. The molecule has 0 saturated carbocycles. The van der Waals surface area contributed by atoms with Crippen LogP contribution in [0.15, 0.2) is 30.3 Å². The fourth-order valence-corrected chi connectivity index (χ4v) is 2.21. The number of benzene rings is 1. The highest BCUT2D eigenvalue weighted by Gasteiger charge is 2.13. The highest BCUT2D eigenvalue weighted by molar-refractivity contribution is 5.94. The summed E-state index contributed by atoms with van der Waals surface area (Å²) in [5.74, 6) is -0.128. The van der Waals surface area contributed by atoms with Crippen molar-refractivity contribution in [3.8, 4) is 0 Å². The fraction of sp³-hybridized carbons (Fsp3) is 0.611. The molecule has 0 spiro atoms. The third-order valence-electron chi connectivity index (χ3n) is 3.53. The average molecular weight is 353 g/mol. The van der Waals surface area contributed by atoms with Crippen molar-refractivity contribution in [1.29, 1.82) is 0 Å². The summed E-state index contributed by atoms with van der Waals surface area (Å²) in [4.78, 5) is 12.1. The van der Waals surface area contributed by atoms with Gasteiger partial charge in [0.25, 0.3) is 5.91 Å². The van der Waals surface area contributed by atoms with Crippen molar-refractivity contribution in [3.05, 3.63) is 35.9 Å². The Morgan fingerprint density at radius 2 is 1.40 bits per heavy atom. The summed E-state index contributed by atoms with van der Waals surface area (Å²) in [6.45, 7) is 4.80. The van der Waals surface area contributed by atoms with E-state index in [4.69, 9.17) is 23.7 Å². The van der Waals surface area contributed by atoms with Crippen LogP contribution in [0.1, 0.15) is 10.4 Å². The minimum atomic E-state index is -0.238. The van der Waals surface area contributed by atoms with E-state index >= 15 is 0 Å². The molecule has 7 heteroatoms. The Morgan fingerprint density at radius 3 is 2.04 bits per heavy atom. The summed E-state index contributed by atoms with van der Waals surface area (Å²) in [6.07, 6.45) is -0.238. The quantitative estimate of drug-likeness (QED) is 0.870. The summed E-state index contributed by atoms with van der Waals surface area (Å²) in [5.41, 5.74) is 0.622. The van der Waals surface area contributed by atoms with Crippen molar-refractivity contribution < 1.29 is 28.5 Å². The Labute approximate surface area is 148 Å². The van der Waals surface area contributed by atoms with Gasteiger partial charge >= 0.3 is 0 Å². The van der Waals surface area contributed by atoms with Gasteiger partial charge in [-0.25, -0.2) is 0 Å². The lowest BCUT2D eigenvalue weighted by atomic mass is 10.2. The van der Waals surface area contributed by atoms with Gasteiger partial charge in [0.05, 0.1) is 65.6 Å². The highest BCUT2D eigenvalue weighted by atomic mass is 16.6. The van der Waals surface area contributed by atoms with Crippen LogP contribution < -0.4 is 5.32 Å². The standard InChI is InChI=1S/C18H27NO6/c20-18(16-4-2-1-3-5-16)19-14-17-15-24-11-10-22-7-6-21-8-9-23-12-13-25-17/h1-5,17H,6-15H2,(H,19,20). The van der Waals surface area contributed by atoms with Gasteiger partial charge in [0, 0.05) is 12.1 Å². The van der Waals surface area contributed by atoms with Crippen molar-refractivity contribution in [2.45, 2.75) is 6.10 Å². The number of nitrogens with one attached hydrogen (secondary N) is 1. The van der Waals surface area contributed by atoms with Gasteiger partial charge in [-0.05, 0) is 12.1 Å². The van der Waals surface area contributed by atoms with Crippen LogP contribution in [0.25, 0.3) is 0 Å². The van der Waals surface area contributed by atoms with Crippen LogP contribution in [0, 0.1) is 0 Å². The van der Waals surface area contributed by atoms with E-state index in [0.29, 0.717) is 71.6 Å². The van der Waals surface area contributed by atoms with Gasteiger partial charge in [-0.3, -0.25) is 4.79 Å². The molecule has 1 unspecified atom stereocenters. The van der Waals surface area contributed by atoms with Crippen molar-refractivity contribution in [2.75, 3.05) is 66.0 Å². The first-order valence-corrected chi connectivity index (χ1v) is 8.62. The van der Waals surface area contributed by atoms with Crippen LogP contribution in [-0.2, 0) is 23.7 Å². The number of amides is 1. The third kappa shape index (κ3) is 8.94. The van der Waals surface area contributed by atoms with E-state index in [-0.39, 0.29) is 12.0 Å². The molecular formula is C18H27NO6. The molecule has 1 heterocycles. The molecule has 7 nitrogen and oxygen atoms in total. The lowest BCUT2D eigenvalue weighted by Gasteiger charge is -2.19. The molecule has 0 aliphatic carbocycles. The van der Waals surface area contributed by atoms with Crippen LogP contribution >= 0.6 is 0 Å². The van der Waals surface area contributed by atoms with Gasteiger partial charge in [0.1, 0.15) is 0 Å². The zero-order valence-electron chi connectivity index (χ0n) is 14.5. The summed E-state index contributed by atoms with van der Waals surface area (Å²) in [6, 6.07) is 9.09. The van der Waals surface area contributed by atoms with Gasteiger partial charge in [-0.1, -0.05) is 18.2 Å². The first-order chi connectivity index (χ1) is 12.4. The number of carbonyl (C=O) groups is 1. The van der Waals surface area contributed by atoms with Gasteiger partial charge in [0.15, 0.2) is 0 Å². The average Bonchev–Trinajstić information content (AvgIpc) is 2.66. The molecule has 1 aliphatic rings. The van der Waals surface area contributed by atoms with Gasteiger partial charge in [0.2, 0.25) is 0 Å². The Bertz CT molecular complexity index is 454. The summed E-state index contributed by atoms with van der Waals surface area (Å²) < 4.78 is 27.5. The van der Waals surface area contributed by atoms with Gasteiger partial charge in [-0.2, -0.15) is 0 Å². The van der Waals surface area contributed by atoms with Gasteiger partial charge in [-0.15, -0.1) is 0 Å². The highest BCUT2D eigenvalue weighted by Crippen LogP contribution is 2.00. The molecule has 1 fully saturated rings. The molecule has 25 heavy (non-hydrogen) atoms. The second-order valence-corrected chi connectivity index (χ2v) is 5.48. The molecule has 0 radical (unpaired) electrons. The van der Waals surface area contributed by atoms with Crippen molar-refractivity contribution >= 4 is 5.91 Å². The second kappa shape index (κ2) is 12.8. The minimum Gasteiger partial charge on any atom is -0.377 e. The summed E-state index contributed by atoms with van der Waals surface area (Å²) >= 11 is 0. The van der Waals surface area contributed by atoms with Crippen LogP contribution in [0.2, 0.25) is 0 Å². The second-order valence-electron chi connectivity index (χ2n) is 5.48. The zero-order valence-corrected chi connectivity index (χ0v) is 14.5. The Hall–Kier alpha value is -1.51. The van der Waals surface area contributed by atoms with E-state index in [9.17, 15) is 4.79 Å². The Morgan fingerprint density at radius 1 is 0.840 bits per heavy atom. The van der Waals surface area contributed by atoms with Gasteiger partial charge < -0.3 is 29.0 Å². The van der Waals surface area contributed by atoms with Crippen molar-refractivity contribution in [2.24, 2.45) is 0 Å². The Kier molecular flexibility index (Phi) is 10.1. The molecule has 1 amide bonds. The normalized spacial score (nSPS) is 21.7. The van der Waals surface area contributed by atoms with Crippen LogP contribution in [0.5, 0.6) is 0 Å². The SMILES string of the molecule is O=C(NCC1COCCOCCOCCOCCO1)c1ccccc1. The topological polar surface area (TPSA) is 75.3 Å². The number of hydrogen-bond donors (Lipinski definition) is 1. The molecule has 2 rings (SSSR count). The van der Waals surface area contributed by atoms with Crippen molar-refractivity contribution in [3.63, 3.8) is 0 Å². The monoisotopic (exact) mass is 353 g/mol.